The molecule has 0 aliphatic rings. The molecule has 14 heavy (non-hydrogen) atoms. The zero-order chi connectivity index (χ0) is 11.4. The van der Waals surface area contributed by atoms with E-state index in [1.807, 2.05) is 39.8 Å². The number of rotatable bonds is 4. The van der Waals surface area contributed by atoms with Gasteiger partial charge in [-0.15, -0.1) is 0 Å². The first kappa shape index (κ1) is 13.9. The van der Waals surface area contributed by atoms with E-state index in [0.29, 0.717) is 0 Å². The van der Waals surface area contributed by atoms with Gasteiger partial charge in [-0.1, -0.05) is 15.9 Å². The zero-order valence-corrected chi connectivity index (χ0v) is 11.2. The second-order valence-electron chi connectivity index (χ2n) is 4.49. The number of hydrogen-bond donors (Lipinski definition) is 0. The molecule has 0 saturated carbocycles. The zero-order valence-electron chi connectivity index (χ0n) is 9.63. The summed E-state index contributed by atoms with van der Waals surface area (Å²) >= 11 is 3.33. The number of carbonyl (C=O) groups is 1. The molecule has 0 aliphatic heterocycles. The minimum atomic E-state index is -0.405. The minimum Gasteiger partial charge on any atom is -0.459 e. The number of hydrogen-bond acceptors (Lipinski definition) is 3. The minimum absolute atomic E-state index is 0.151. The number of likely N-dealkylation sites (N-methyl/N-ethyl adjacent to an activating group) is 1. The highest BCUT2D eigenvalue weighted by molar-refractivity contribution is 9.09. The first-order chi connectivity index (χ1) is 6.28. The van der Waals surface area contributed by atoms with Crippen molar-refractivity contribution in [2.24, 2.45) is 0 Å². The normalized spacial score (nSPS) is 14.2. The van der Waals surface area contributed by atoms with Crippen LogP contribution in [0.1, 0.15) is 27.2 Å². The van der Waals surface area contributed by atoms with E-state index in [4.69, 9.17) is 4.74 Å². The quantitative estimate of drug-likeness (QED) is 0.576. The van der Waals surface area contributed by atoms with Crippen molar-refractivity contribution in [2.45, 2.75) is 38.8 Å². The van der Waals surface area contributed by atoms with Crippen molar-refractivity contribution in [1.29, 1.82) is 0 Å². The summed E-state index contributed by atoms with van der Waals surface area (Å²) in [5.74, 6) is -0.151. The fourth-order valence-corrected chi connectivity index (χ4v) is 1.49. The molecule has 0 heterocycles. The summed E-state index contributed by atoms with van der Waals surface area (Å²) < 4.78 is 5.31. The lowest BCUT2D eigenvalue weighted by Gasteiger charge is -2.27. The van der Waals surface area contributed by atoms with Crippen molar-refractivity contribution in [2.75, 3.05) is 19.4 Å². The summed E-state index contributed by atoms with van der Waals surface area (Å²) in [6.07, 6.45) is 0.766. The molecule has 0 aromatic carbocycles. The molecule has 0 aliphatic carbocycles. The Hall–Kier alpha value is -0.0900. The highest BCUT2D eigenvalue weighted by atomic mass is 79.9. The smallest absolute Gasteiger partial charge is 0.323 e. The van der Waals surface area contributed by atoms with E-state index < -0.39 is 5.60 Å². The summed E-state index contributed by atoms with van der Waals surface area (Å²) in [6, 6.07) is -0.159. The van der Waals surface area contributed by atoms with Gasteiger partial charge in [-0.25, -0.2) is 0 Å². The molecule has 0 radical (unpaired) electrons. The number of ether oxygens (including phenoxy) is 1. The standard InChI is InChI=1S/C10H20BrNO2/c1-10(2,3)14-9(13)8(6-7-11)12(4)5/h8H,6-7H2,1-5H3/t8-/m0/s1. The number of carbonyl (C=O) groups excluding carboxylic acids is 1. The van der Waals surface area contributed by atoms with Crippen molar-refractivity contribution >= 4 is 21.9 Å². The molecule has 84 valence electrons. The molecule has 0 spiro atoms. The molecule has 0 unspecified atom stereocenters. The Morgan fingerprint density at radius 2 is 1.93 bits per heavy atom. The molecule has 0 fully saturated rings. The van der Waals surface area contributed by atoms with Crippen molar-refractivity contribution in [3.8, 4) is 0 Å². The lowest BCUT2D eigenvalue weighted by molar-refractivity contribution is -0.160. The van der Waals surface area contributed by atoms with E-state index in [1.54, 1.807) is 0 Å². The molecule has 3 nitrogen and oxygen atoms in total. The fourth-order valence-electron chi connectivity index (χ4n) is 1.06. The topological polar surface area (TPSA) is 29.5 Å². The van der Waals surface area contributed by atoms with Gasteiger partial charge in [0.2, 0.25) is 0 Å². The molecular weight excluding hydrogens is 246 g/mol. The summed E-state index contributed by atoms with van der Waals surface area (Å²) in [5.41, 5.74) is -0.405. The van der Waals surface area contributed by atoms with Gasteiger partial charge in [0.15, 0.2) is 0 Å². The molecule has 4 heteroatoms. The van der Waals surface area contributed by atoms with Crippen molar-refractivity contribution < 1.29 is 9.53 Å². The van der Waals surface area contributed by atoms with Crippen LogP contribution < -0.4 is 0 Å². The fraction of sp³-hybridized carbons (Fsp3) is 0.900. The molecule has 0 aromatic heterocycles. The Balaban J connectivity index is 4.30. The van der Waals surface area contributed by atoms with Gasteiger partial charge in [0.25, 0.3) is 0 Å². The Morgan fingerprint density at radius 1 is 1.43 bits per heavy atom. The predicted octanol–water partition coefficient (Wildman–Crippen LogP) is 2.04. The number of alkyl halides is 1. The number of halogens is 1. The van der Waals surface area contributed by atoms with E-state index in [0.717, 1.165) is 11.8 Å². The average Bonchev–Trinajstić information content (AvgIpc) is 1.95. The molecular formula is C10H20BrNO2. The highest BCUT2D eigenvalue weighted by Gasteiger charge is 2.25. The molecule has 0 rings (SSSR count). The van der Waals surface area contributed by atoms with Gasteiger partial charge in [0.1, 0.15) is 11.6 Å². The van der Waals surface area contributed by atoms with Crippen LogP contribution in [-0.2, 0) is 9.53 Å². The molecule has 1 atom stereocenters. The molecule has 0 aromatic rings. The predicted molar refractivity (Wildman–Crippen MR) is 61.7 cm³/mol. The number of nitrogens with zero attached hydrogens (tertiary/aromatic N) is 1. The van der Waals surface area contributed by atoms with Gasteiger partial charge in [0.05, 0.1) is 0 Å². The first-order valence-corrected chi connectivity index (χ1v) is 5.85. The van der Waals surface area contributed by atoms with Crippen LogP contribution in [0.4, 0.5) is 0 Å². The first-order valence-electron chi connectivity index (χ1n) is 4.73. The molecule has 0 saturated heterocycles. The SMILES string of the molecule is CN(C)[C@@H](CCBr)C(=O)OC(C)(C)C. The third kappa shape index (κ3) is 5.60. The summed E-state index contributed by atoms with van der Waals surface area (Å²) in [7, 11) is 3.77. The maximum Gasteiger partial charge on any atom is 0.323 e. The van der Waals surface area contributed by atoms with E-state index in [-0.39, 0.29) is 12.0 Å². The van der Waals surface area contributed by atoms with E-state index >= 15 is 0 Å². The monoisotopic (exact) mass is 265 g/mol. The highest BCUT2D eigenvalue weighted by Crippen LogP contribution is 2.12. The van der Waals surface area contributed by atoms with Crippen LogP contribution in [0.5, 0.6) is 0 Å². The van der Waals surface area contributed by atoms with Crippen LogP contribution in [0.3, 0.4) is 0 Å². The van der Waals surface area contributed by atoms with Gasteiger partial charge in [-0.05, 0) is 41.3 Å². The van der Waals surface area contributed by atoms with Crippen LogP contribution in [0.25, 0.3) is 0 Å². The third-order valence-electron chi connectivity index (χ3n) is 1.68. The summed E-state index contributed by atoms with van der Waals surface area (Å²) in [5, 5.41) is 0.801. The molecule has 0 N–H and O–H groups in total. The van der Waals surface area contributed by atoms with Crippen LogP contribution >= 0.6 is 15.9 Å². The van der Waals surface area contributed by atoms with E-state index in [2.05, 4.69) is 15.9 Å². The molecule has 0 bridgehead atoms. The Kier molecular flexibility index (Phi) is 5.67. The summed E-state index contributed by atoms with van der Waals surface area (Å²) in [6.45, 7) is 5.64. The van der Waals surface area contributed by atoms with E-state index in [1.165, 1.54) is 0 Å². The lowest BCUT2D eigenvalue weighted by Crippen LogP contribution is -2.40. The van der Waals surface area contributed by atoms with Crippen molar-refractivity contribution in [3.05, 3.63) is 0 Å². The van der Waals surface area contributed by atoms with Gasteiger partial charge in [-0.3, -0.25) is 9.69 Å². The van der Waals surface area contributed by atoms with Crippen LogP contribution in [0.15, 0.2) is 0 Å². The second kappa shape index (κ2) is 5.71. The third-order valence-corrected chi connectivity index (χ3v) is 2.14. The van der Waals surface area contributed by atoms with Crippen molar-refractivity contribution in [3.63, 3.8) is 0 Å². The summed E-state index contributed by atoms with van der Waals surface area (Å²) in [4.78, 5) is 13.6. The number of esters is 1. The van der Waals surface area contributed by atoms with Gasteiger partial charge < -0.3 is 4.74 Å². The Labute approximate surface area is 94.9 Å². The average molecular weight is 266 g/mol. The second-order valence-corrected chi connectivity index (χ2v) is 5.28. The van der Waals surface area contributed by atoms with Gasteiger partial charge in [0, 0.05) is 5.33 Å². The lowest BCUT2D eigenvalue weighted by atomic mass is 10.1. The maximum absolute atomic E-state index is 11.7. The van der Waals surface area contributed by atoms with Crippen LogP contribution in [0.2, 0.25) is 0 Å². The largest absolute Gasteiger partial charge is 0.459 e. The van der Waals surface area contributed by atoms with Crippen LogP contribution in [-0.4, -0.2) is 41.9 Å². The van der Waals surface area contributed by atoms with Crippen molar-refractivity contribution in [1.82, 2.24) is 4.90 Å². The maximum atomic E-state index is 11.7. The Bertz CT molecular complexity index is 187. The molecule has 0 amide bonds. The Morgan fingerprint density at radius 3 is 2.21 bits per heavy atom. The van der Waals surface area contributed by atoms with Gasteiger partial charge in [-0.2, -0.15) is 0 Å². The van der Waals surface area contributed by atoms with E-state index in [9.17, 15) is 4.79 Å². The van der Waals surface area contributed by atoms with Crippen LogP contribution in [0, 0.1) is 0 Å². The van der Waals surface area contributed by atoms with Gasteiger partial charge >= 0.3 is 5.97 Å².